The Morgan fingerprint density at radius 3 is 2.46 bits per heavy atom. The highest BCUT2D eigenvalue weighted by Gasteiger charge is 2.59. The maximum Gasteiger partial charge on any atom is 0.225 e. The Kier molecular flexibility index (Phi) is 2.03. The lowest BCUT2D eigenvalue weighted by Gasteiger charge is -2.16. The Balaban J connectivity index is 2.06. The van der Waals surface area contributed by atoms with E-state index in [-0.39, 0.29) is 16.6 Å². The van der Waals surface area contributed by atoms with E-state index in [1.807, 2.05) is 0 Å². The maximum atomic E-state index is 11.1. The molecule has 0 bridgehead atoms. The van der Waals surface area contributed by atoms with Crippen LogP contribution in [0, 0.1) is 17.3 Å². The van der Waals surface area contributed by atoms with Gasteiger partial charge in [0.2, 0.25) is 5.24 Å². The molecule has 0 heterocycles. The lowest BCUT2D eigenvalue weighted by atomic mass is 9.90. The number of rotatable bonds is 2. The summed E-state index contributed by atoms with van der Waals surface area (Å²) in [5.41, 5.74) is 1.64. The van der Waals surface area contributed by atoms with Crippen molar-refractivity contribution >= 4 is 16.8 Å². The first-order chi connectivity index (χ1) is 6.03. The van der Waals surface area contributed by atoms with Crippen molar-refractivity contribution in [2.75, 3.05) is 0 Å². The van der Waals surface area contributed by atoms with Gasteiger partial charge in [0.1, 0.15) is 0 Å². The molecular formula is C11H15ClO. The number of carbonyl (C=O) groups excluding carboxylic acids is 1. The molecule has 0 saturated heterocycles. The Bertz CT molecular complexity index is 272. The summed E-state index contributed by atoms with van der Waals surface area (Å²) >= 11 is 5.53. The zero-order valence-corrected chi connectivity index (χ0v) is 8.90. The van der Waals surface area contributed by atoms with Gasteiger partial charge in [-0.1, -0.05) is 25.5 Å². The highest BCUT2D eigenvalue weighted by atomic mass is 35.5. The van der Waals surface area contributed by atoms with Crippen molar-refractivity contribution in [3.63, 3.8) is 0 Å². The average Bonchev–Trinajstić information content (AvgIpc) is 2.44. The summed E-state index contributed by atoms with van der Waals surface area (Å²) in [6.45, 7) is 4.25. The molecular weight excluding hydrogens is 184 g/mol. The Hall–Kier alpha value is -0.300. The van der Waals surface area contributed by atoms with Gasteiger partial charge in [0.25, 0.3) is 0 Å². The molecule has 2 heteroatoms. The summed E-state index contributed by atoms with van der Waals surface area (Å²) in [7, 11) is 0. The van der Waals surface area contributed by atoms with Gasteiger partial charge in [-0.2, -0.15) is 0 Å². The van der Waals surface area contributed by atoms with Crippen molar-refractivity contribution in [3.05, 3.63) is 11.6 Å². The lowest BCUT2D eigenvalue weighted by molar-refractivity contribution is -0.113. The zero-order chi connectivity index (χ0) is 9.64. The molecule has 0 aromatic carbocycles. The van der Waals surface area contributed by atoms with E-state index in [9.17, 15) is 4.79 Å². The van der Waals surface area contributed by atoms with Crippen molar-refractivity contribution in [2.24, 2.45) is 17.3 Å². The summed E-state index contributed by atoms with van der Waals surface area (Å²) in [5, 5.41) is -0.161. The number of allylic oxidation sites excluding steroid dienone is 2. The highest BCUT2D eigenvalue weighted by molar-refractivity contribution is 6.64. The summed E-state index contributed by atoms with van der Waals surface area (Å²) in [6, 6.07) is 0. The topological polar surface area (TPSA) is 17.1 Å². The van der Waals surface area contributed by atoms with Gasteiger partial charge < -0.3 is 0 Å². The van der Waals surface area contributed by atoms with Gasteiger partial charge in [-0.05, 0) is 42.2 Å². The van der Waals surface area contributed by atoms with Crippen molar-refractivity contribution in [3.8, 4) is 0 Å². The van der Waals surface area contributed by atoms with Gasteiger partial charge in [-0.25, -0.2) is 0 Å². The SMILES string of the molecule is CC1(C)[C@H](C=C2CCC2)[C@H]1C(=O)Cl. The summed E-state index contributed by atoms with van der Waals surface area (Å²) in [4.78, 5) is 11.1. The molecule has 2 rings (SSSR count). The predicted molar refractivity (Wildman–Crippen MR) is 53.6 cm³/mol. The van der Waals surface area contributed by atoms with Gasteiger partial charge in [0.05, 0.1) is 0 Å². The van der Waals surface area contributed by atoms with E-state index in [2.05, 4.69) is 19.9 Å². The van der Waals surface area contributed by atoms with Gasteiger partial charge in [0.15, 0.2) is 0 Å². The molecule has 72 valence electrons. The average molecular weight is 199 g/mol. The third-order valence-electron chi connectivity index (χ3n) is 3.57. The fourth-order valence-electron chi connectivity index (χ4n) is 2.22. The van der Waals surface area contributed by atoms with Crippen LogP contribution in [-0.2, 0) is 4.79 Å². The van der Waals surface area contributed by atoms with Crippen LogP contribution in [0.15, 0.2) is 11.6 Å². The number of hydrogen-bond acceptors (Lipinski definition) is 1. The second kappa shape index (κ2) is 2.84. The Morgan fingerprint density at radius 1 is 1.54 bits per heavy atom. The third-order valence-corrected chi connectivity index (χ3v) is 3.80. The van der Waals surface area contributed by atoms with Crippen molar-refractivity contribution in [2.45, 2.75) is 33.1 Å². The second-order valence-corrected chi connectivity index (χ2v) is 5.18. The first kappa shape index (κ1) is 9.26. The minimum atomic E-state index is -0.161. The van der Waals surface area contributed by atoms with E-state index in [1.165, 1.54) is 24.8 Å². The van der Waals surface area contributed by atoms with E-state index in [1.54, 1.807) is 0 Å². The van der Waals surface area contributed by atoms with Crippen LogP contribution < -0.4 is 0 Å². The number of hydrogen-bond donors (Lipinski definition) is 0. The summed E-state index contributed by atoms with van der Waals surface area (Å²) in [6.07, 6.45) is 6.07. The minimum absolute atomic E-state index is 0.0715. The van der Waals surface area contributed by atoms with Gasteiger partial charge >= 0.3 is 0 Å². The number of carbonyl (C=O) groups is 1. The molecule has 2 fully saturated rings. The van der Waals surface area contributed by atoms with Crippen LogP contribution in [-0.4, -0.2) is 5.24 Å². The van der Waals surface area contributed by atoms with Crippen molar-refractivity contribution < 1.29 is 4.79 Å². The fraction of sp³-hybridized carbons (Fsp3) is 0.727. The van der Waals surface area contributed by atoms with Crippen LogP contribution in [0.4, 0.5) is 0 Å². The molecule has 2 aliphatic carbocycles. The molecule has 13 heavy (non-hydrogen) atoms. The molecule has 0 aromatic rings. The highest BCUT2D eigenvalue weighted by Crippen LogP contribution is 2.60. The molecule has 0 aliphatic heterocycles. The van der Waals surface area contributed by atoms with Crippen LogP contribution in [0.5, 0.6) is 0 Å². The van der Waals surface area contributed by atoms with Crippen LogP contribution in [0.2, 0.25) is 0 Å². The molecule has 0 aromatic heterocycles. The molecule has 0 unspecified atom stereocenters. The molecule has 0 spiro atoms. The quantitative estimate of drug-likeness (QED) is 0.492. The van der Waals surface area contributed by atoms with E-state index < -0.39 is 0 Å². The van der Waals surface area contributed by atoms with Crippen LogP contribution >= 0.6 is 11.6 Å². The van der Waals surface area contributed by atoms with Gasteiger partial charge in [-0.15, -0.1) is 0 Å². The standard InChI is InChI=1S/C11H15ClO/c1-11(2)8(9(11)10(12)13)6-7-4-3-5-7/h6,8-9H,3-5H2,1-2H3/t8-,9+/m1/s1. The monoisotopic (exact) mass is 198 g/mol. The fourth-order valence-corrected chi connectivity index (χ4v) is 2.64. The first-order valence-corrected chi connectivity index (χ1v) is 5.30. The lowest BCUT2D eigenvalue weighted by Crippen LogP contribution is -1.98. The van der Waals surface area contributed by atoms with Crippen LogP contribution in [0.3, 0.4) is 0 Å². The zero-order valence-electron chi connectivity index (χ0n) is 8.14. The van der Waals surface area contributed by atoms with Gasteiger partial charge in [0, 0.05) is 5.92 Å². The van der Waals surface area contributed by atoms with E-state index >= 15 is 0 Å². The normalized spacial score (nSPS) is 35.2. The summed E-state index contributed by atoms with van der Waals surface area (Å²) < 4.78 is 0. The molecule has 2 atom stereocenters. The van der Waals surface area contributed by atoms with Crippen molar-refractivity contribution in [1.29, 1.82) is 0 Å². The van der Waals surface area contributed by atoms with Crippen molar-refractivity contribution in [1.82, 2.24) is 0 Å². The van der Waals surface area contributed by atoms with E-state index in [0.29, 0.717) is 5.92 Å². The molecule has 0 radical (unpaired) electrons. The first-order valence-electron chi connectivity index (χ1n) is 4.92. The Morgan fingerprint density at radius 2 is 2.15 bits per heavy atom. The predicted octanol–water partition coefficient (Wildman–Crippen LogP) is 3.13. The minimum Gasteiger partial charge on any atom is -0.281 e. The smallest absolute Gasteiger partial charge is 0.225 e. The molecule has 2 saturated carbocycles. The van der Waals surface area contributed by atoms with E-state index in [0.717, 1.165) is 0 Å². The molecule has 2 aliphatic rings. The molecule has 1 nitrogen and oxygen atoms in total. The molecule has 0 N–H and O–H groups in total. The second-order valence-electron chi connectivity index (χ2n) is 4.81. The third kappa shape index (κ3) is 1.43. The number of halogens is 1. The maximum absolute atomic E-state index is 11.1. The summed E-state index contributed by atoms with van der Waals surface area (Å²) in [5.74, 6) is 0.482. The Labute approximate surface area is 84.2 Å². The largest absolute Gasteiger partial charge is 0.281 e. The van der Waals surface area contributed by atoms with E-state index in [4.69, 9.17) is 11.6 Å². The van der Waals surface area contributed by atoms with Crippen LogP contribution in [0.25, 0.3) is 0 Å². The molecule has 0 amide bonds. The van der Waals surface area contributed by atoms with Gasteiger partial charge in [-0.3, -0.25) is 4.79 Å². The van der Waals surface area contributed by atoms with Crippen LogP contribution in [0.1, 0.15) is 33.1 Å².